The van der Waals surface area contributed by atoms with E-state index >= 15 is 0 Å². The van der Waals surface area contributed by atoms with E-state index in [2.05, 4.69) is 5.18 Å². The van der Waals surface area contributed by atoms with Crippen molar-refractivity contribution in [2.24, 2.45) is 5.18 Å². The van der Waals surface area contributed by atoms with Crippen LogP contribution in [0.4, 0.5) is 5.69 Å². The first-order valence-corrected chi connectivity index (χ1v) is 3.70. The first-order chi connectivity index (χ1) is 5.27. The summed E-state index contributed by atoms with van der Waals surface area (Å²) in [5.41, 5.74) is 2.77. The molecule has 2 nitrogen and oxygen atoms in total. The second kappa shape index (κ2) is 3.28. The van der Waals surface area contributed by atoms with Crippen molar-refractivity contribution in [1.82, 2.24) is 0 Å². The first kappa shape index (κ1) is 7.92. The van der Waals surface area contributed by atoms with Gasteiger partial charge in [0.2, 0.25) is 0 Å². The summed E-state index contributed by atoms with van der Waals surface area (Å²) < 4.78 is 0. The zero-order valence-corrected chi connectivity index (χ0v) is 6.79. The Morgan fingerprint density at radius 3 is 2.73 bits per heavy atom. The fourth-order valence-corrected chi connectivity index (χ4v) is 1.09. The number of aryl methyl sites for hydroxylation is 2. The molecule has 0 heterocycles. The summed E-state index contributed by atoms with van der Waals surface area (Å²) in [5, 5.41) is 2.93. The van der Waals surface area contributed by atoms with Gasteiger partial charge in [0.1, 0.15) is 5.69 Å². The van der Waals surface area contributed by atoms with Gasteiger partial charge in [0.25, 0.3) is 0 Å². The van der Waals surface area contributed by atoms with Gasteiger partial charge in [-0.2, -0.15) is 0 Å². The van der Waals surface area contributed by atoms with Crippen LogP contribution in [0.15, 0.2) is 23.4 Å². The monoisotopic (exact) mass is 149 g/mol. The third-order valence-electron chi connectivity index (χ3n) is 1.71. The fourth-order valence-electron chi connectivity index (χ4n) is 1.09. The lowest BCUT2D eigenvalue weighted by Crippen LogP contribution is -1.81. The van der Waals surface area contributed by atoms with E-state index in [9.17, 15) is 4.91 Å². The van der Waals surface area contributed by atoms with E-state index in [1.807, 2.05) is 26.0 Å². The quantitative estimate of drug-likeness (QED) is 0.594. The van der Waals surface area contributed by atoms with Gasteiger partial charge in [-0.1, -0.05) is 24.6 Å². The Morgan fingerprint density at radius 1 is 1.45 bits per heavy atom. The molecule has 0 aliphatic heterocycles. The van der Waals surface area contributed by atoms with Crippen molar-refractivity contribution in [3.63, 3.8) is 0 Å². The van der Waals surface area contributed by atoms with Gasteiger partial charge in [0, 0.05) is 0 Å². The molecule has 0 aliphatic carbocycles. The van der Waals surface area contributed by atoms with E-state index in [1.165, 1.54) is 5.56 Å². The molecule has 58 valence electrons. The highest BCUT2D eigenvalue weighted by Gasteiger charge is 1.99. The number of rotatable bonds is 2. The molecule has 11 heavy (non-hydrogen) atoms. The molecular formula is C9H11NO. The van der Waals surface area contributed by atoms with Gasteiger partial charge in [0.15, 0.2) is 0 Å². The first-order valence-electron chi connectivity index (χ1n) is 3.70. The number of nitroso groups, excluding NO2 is 1. The van der Waals surface area contributed by atoms with E-state index in [-0.39, 0.29) is 0 Å². The van der Waals surface area contributed by atoms with Crippen molar-refractivity contribution < 1.29 is 0 Å². The molecule has 0 radical (unpaired) electrons. The largest absolute Gasteiger partial charge is 0.145 e. The Balaban J connectivity index is 3.16. The van der Waals surface area contributed by atoms with Crippen LogP contribution in [0.25, 0.3) is 0 Å². The number of hydrogen-bond donors (Lipinski definition) is 0. The van der Waals surface area contributed by atoms with Gasteiger partial charge in [-0.15, -0.1) is 4.91 Å². The third kappa shape index (κ3) is 1.64. The molecule has 0 saturated carbocycles. The maximum atomic E-state index is 10.2. The minimum Gasteiger partial charge on any atom is -0.145 e. The molecule has 0 unspecified atom stereocenters. The van der Waals surface area contributed by atoms with Crippen LogP contribution in [0.2, 0.25) is 0 Å². The maximum absolute atomic E-state index is 10.2. The van der Waals surface area contributed by atoms with Gasteiger partial charge < -0.3 is 0 Å². The van der Waals surface area contributed by atoms with Crippen LogP contribution in [0, 0.1) is 11.8 Å². The van der Waals surface area contributed by atoms with Crippen LogP contribution in [0.5, 0.6) is 0 Å². The minimum absolute atomic E-state index is 0.568. The number of nitrogens with zero attached hydrogens (tertiary/aromatic N) is 1. The average molecular weight is 149 g/mol. The van der Waals surface area contributed by atoms with Gasteiger partial charge >= 0.3 is 0 Å². The van der Waals surface area contributed by atoms with Crippen LogP contribution in [0.3, 0.4) is 0 Å². The Labute approximate surface area is 66.2 Å². The van der Waals surface area contributed by atoms with Crippen LogP contribution in [-0.4, -0.2) is 0 Å². The third-order valence-corrected chi connectivity index (χ3v) is 1.71. The summed E-state index contributed by atoms with van der Waals surface area (Å²) in [7, 11) is 0. The summed E-state index contributed by atoms with van der Waals surface area (Å²) in [5.74, 6) is 0. The maximum Gasteiger partial charge on any atom is 0.111 e. The van der Waals surface area contributed by atoms with Crippen molar-refractivity contribution >= 4 is 5.69 Å². The number of hydrogen-bond acceptors (Lipinski definition) is 2. The highest BCUT2D eigenvalue weighted by Crippen LogP contribution is 2.20. The SMILES string of the molecule is CCc1cc(C)ccc1N=O. The normalized spacial score (nSPS) is 9.64. The predicted molar refractivity (Wildman–Crippen MR) is 46.0 cm³/mol. The molecule has 0 aliphatic rings. The lowest BCUT2D eigenvalue weighted by molar-refractivity contribution is 1.12. The van der Waals surface area contributed by atoms with Crippen LogP contribution in [-0.2, 0) is 6.42 Å². The Bertz CT molecular complexity index is 268. The molecule has 0 aromatic heterocycles. The molecule has 0 N–H and O–H groups in total. The zero-order chi connectivity index (χ0) is 8.27. The van der Waals surface area contributed by atoms with Gasteiger partial charge in [0.05, 0.1) is 0 Å². The van der Waals surface area contributed by atoms with Crippen LogP contribution in [0.1, 0.15) is 18.1 Å². The van der Waals surface area contributed by atoms with Crippen molar-refractivity contribution in [3.8, 4) is 0 Å². The van der Waals surface area contributed by atoms with E-state index in [4.69, 9.17) is 0 Å². The fraction of sp³-hybridized carbons (Fsp3) is 0.333. The zero-order valence-electron chi connectivity index (χ0n) is 6.79. The summed E-state index contributed by atoms with van der Waals surface area (Å²) in [6, 6.07) is 5.66. The smallest absolute Gasteiger partial charge is 0.111 e. The summed E-state index contributed by atoms with van der Waals surface area (Å²) in [6.45, 7) is 4.02. The van der Waals surface area contributed by atoms with Crippen molar-refractivity contribution in [2.75, 3.05) is 0 Å². The van der Waals surface area contributed by atoms with Crippen molar-refractivity contribution in [3.05, 3.63) is 34.2 Å². The summed E-state index contributed by atoms with van der Waals surface area (Å²) in [4.78, 5) is 10.2. The molecule has 2 heteroatoms. The molecule has 1 aromatic rings. The summed E-state index contributed by atoms with van der Waals surface area (Å²) in [6.07, 6.45) is 0.864. The predicted octanol–water partition coefficient (Wildman–Crippen LogP) is 2.96. The van der Waals surface area contributed by atoms with Gasteiger partial charge in [-0.05, 0) is 30.2 Å². The topological polar surface area (TPSA) is 29.4 Å². The van der Waals surface area contributed by atoms with Crippen molar-refractivity contribution in [2.45, 2.75) is 20.3 Å². The Morgan fingerprint density at radius 2 is 2.18 bits per heavy atom. The molecule has 0 atom stereocenters. The van der Waals surface area contributed by atoms with Crippen LogP contribution < -0.4 is 0 Å². The lowest BCUT2D eigenvalue weighted by Gasteiger charge is -2.00. The molecule has 1 rings (SSSR count). The lowest BCUT2D eigenvalue weighted by atomic mass is 10.1. The van der Waals surface area contributed by atoms with Gasteiger partial charge in [-0.3, -0.25) is 0 Å². The molecule has 0 bridgehead atoms. The van der Waals surface area contributed by atoms with Crippen LogP contribution >= 0.6 is 0 Å². The highest BCUT2D eigenvalue weighted by atomic mass is 16.3. The molecule has 0 amide bonds. The van der Waals surface area contributed by atoms with E-state index in [0.717, 1.165) is 12.0 Å². The van der Waals surface area contributed by atoms with E-state index in [0.29, 0.717) is 5.69 Å². The highest BCUT2D eigenvalue weighted by molar-refractivity contribution is 5.47. The standard InChI is InChI=1S/C9H11NO/c1-3-8-6-7(2)4-5-9(8)10-11/h4-6H,3H2,1-2H3. The molecule has 0 saturated heterocycles. The van der Waals surface area contributed by atoms with E-state index < -0.39 is 0 Å². The van der Waals surface area contributed by atoms with E-state index in [1.54, 1.807) is 6.07 Å². The molecule has 1 aromatic carbocycles. The Hall–Kier alpha value is -1.18. The second-order valence-corrected chi connectivity index (χ2v) is 2.58. The molecule has 0 spiro atoms. The second-order valence-electron chi connectivity index (χ2n) is 2.58. The molecular weight excluding hydrogens is 138 g/mol. The summed E-state index contributed by atoms with van der Waals surface area (Å²) >= 11 is 0. The minimum atomic E-state index is 0.568. The van der Waals surface area contributed by atoms with Crippen molar-refractivity contribution in [1.29, 1.82) is 0 Å². The molecule has 0 fully saturated rings. The average Bonchev–Trinajstić information content (AvgIpc) is 2.04. The number of benzene rings is 1. The Kier molecular flexibility index (Phi) is 2.36. The van der Waals surface area contributed by atoms with Gasteiger partial charge in [-0.25, -0.2) is 0 Å².